The Kier molecular flexibility index (Phi) is 8.01. The molecule has 1 aliphatic rings. The van der Waals surface area contributed by atoms with Crippen molar-refractivity contribution >= 4 is 11.4 Å². The third-order valence-corrected chi connectivity index (χ3v) is 4.96. The highest BCUT2D eigenvalue weighted by molar-refractivity contribution is 5.94. The van der Waals surface area contributed by atoms with E-state index >= 15 is 0 Å². The highest BCUT2D eigenvalue weighted by Gasteiger charge is 2.12. The molecule has 0 unspecified atom stereocenters. The number of hydrogen-bond acceptors (Lipinski definition) is 1. The molecule has 24 heavy (non-hydrogen) atoms. The zero-order valence-corrected chi connectivity index (χ0v) is 15.4. The Balaban J connectivity index is 2.18. The van der Waals surface area contributed by atoms with Gasteiger partial charge in [0.1, 0.15) is 0 Å². The largest absolute Gasteiger partial charge is 0.295 e. The molecule has 0 atom stereocenters. The van der Waals surface area contributed by atoms with E-state index in [0.29, 0.717) is 0 Å². The molecule has 1 nitrogen and oxygen atoms in total. The van der Waals surface area contributed by atoms with Gasteiger partial charge in [-0.15, -0.1) is 0 Å². The van der Waals surface area contributed by atoms with E-state index in [1.54, 1.807) is 6.92 Å². The highest BCUT2D eigenvalue weighted by Crippen LogP contribution is 2.29. The lowest BCUT2D eigenvalue weighted by molar-refractivity contribution is 0.101. The van der Waals surface area contributed by atoms with Crippen molar-refractivity contribution in [2.75, 3.05) is 0 Å². The summed E-state index contributed by atoms with van der Waals surface area (Å²) in [6.45, 7) is 3.85. The molecule has 1 heteroatoms. The zero-order chi connectivity index (χ0) is 17.2. The van der Waals surface area contributed by atoms with Gasteiger partial charge in [0.05, 0.1) is 0 Å². The van der Waals surface area contributed by atoms with Crippen LogP contribution in [0.4, 0.5) is 0 Å². The lowest BCUT2D eigenvalue weighted by Gasteiger charge is -2.13. The molecule has 1 fully saturated rings. The van der Waals surface area contributed by atoms with E-state index in [4.69, 9.17) is 0 Å². The van der Waals surface area contributed by atoms with Gasteiger partial charge in [0.2, 0.25) is 0 Å². The Bertz CT molecular complexity index is 554. The minimum absolute atomic E-state index is 0.138. The summed E-state index contributed by atoms with van der Waals surface area (Å²) in [5.74, 6) is 0.855. The van der Waals surface area contributed by atoms with Crippen LogP contribution in [0, 0.1) is 5.92 Å². The first-order valence-corrected chi connectivity index (χ1v) is 9.67. The number of carbonyl (C=O) groups is 1. The van der Waals surface area contributed by atoms with Crippen molar-refractivity contribution < 1.29 is 4.79 Å². The Morgan fingerprint density at radius 2 is 1.62 bits per heavy atom. The molecule has 1 saturated carbocycles. The number of benzene rings is 1. The van der Waals surface area contributed by atoms with Crippen molar-refractivity contribution in [3.05, 3.63) is 53.6 Å². The number of rotatable bonds is 7. The molecule has 0 heterocycles. The van der Waals surface area contributed by atoms with Gasteiger partial charge in [0.25, 0.3) is 0 Å². The molecule has 0 N–H and O–H groups in total. The van der Waals surface area contributed by atoms with Gasteiger partial charge in [-0.3, -0.25) is 4.79 Å². The summed E-state index contributed by atoms with van der Waals surface area (Å²) in [5.41, 5.74) is 3.49. The van der Waals surface area contributed by atoms with Crippen LogP contribution in [0.15, 0.2) is 42.5 Å². The summed E-state index contributed by atoms with van der Waals surface area (Å²) in [6.07, 6.45) is 18.6. The normalized spacial score (nSPS) is 17.2. The fourth-order valence-corrected chi connectivity index (χ4v) is 3.46. The molecule has 1 aliphatic carbocycles. The first kappa shape index (κ1) is 18.7. The molecule has 0 bridgehead atoms. The average Bonchev–Trinajstić information content (AvgIpc) is 2.86. The number of carbonyl (C=O) groups excluding carboxylic acids is 1. The quantitative estimate of drug-likeness (QED) is 0.300. The number of allylic oxidation sites excluding steroid dienone is 4. The first-order valence-electron chi connectivity index (χ1n) is 9.67. The van der Waals surface area contributed by atoms with Crippen LogP contribution in [-0.2, 0) is 0 Å². The Hall–Kier alpha value is -1.63. The van der Waals surface area contributed by atoms with Crippen molar-refractivity contribution in [3.8, 4) is 0 Å². The van der Waals surface area contributed by atoms with E-state index in [1.807, 2.05) is 12.1 Å². The Morgan fingerprint density at radius 3 is 2.21 bits per heavy atom. The zero-order valence-electron chi connectivity index (χ0n) is 15.4. The fourth-order valence-electron chi connectivity index (χ4n) is 3.46. The number of unbranched alkanes of at least 4 members (excludes halogenated alkanes) is 1. The summed E-state index contributed by atoms with van der Waals surface area (Å²) in [6, 6.07) is 8.17. The molecule has 1 aromatic carbocycles. The topological polar surface area (TPSA) is 17.1 Å². The van der Waals surface area contributed by atoms with Crippen LogP contribution in [0.1, 0.15) is 87.6 Å². The van der Waals surface area contributed by atoms with E-state index in [9.17, 15) is 4.79 Å². The number of hydrogen-bond donors (Lipinski definition) is 0. The van der Waals surface area contributed by atoms with Crippen LogP contribution in [0.3, 0.4) is 0 Å². The second kappa shape index (κ2) is 10.3. The molecule has 0 aromatic heterocycles. The minimum atomic E-state index is 0.138. The summed E-state index contributed by atoms with van der Waals surface area (Å²) in [5, 5.41) is 0. The molecular weight excluding hydrogens is 292 g/mol. The molecule has 0 aliphatic heterocycles. The van der Waals surface area contributed by atoms with Crippen LogP contribution < -0.4 is 0 Å². The Labute approximate surface area is 147 Å². The van der Waals surface area contributed by atoms with Gasteiger partial charge >= 0.3 is 0 Å². The molecule has 0 amide bonds. The van der Waals surface area contributed by atoms with Gasteiger partial charge in [-0.2, -0.15) is 0 Å². The fraction of sp³-hybridized carbons (Fsp3) is 0.522. The predicted octanol–water partition coefficient (Wildman–Crippen LogP) is 6.99. The smallest absolute Gasteiger partial charge is 0.159 e. The van der Waals surface area contributed by atoms with Gasteiger partial charge in [0.15, 0.2) is 5.78 Å². The molecule has 0 spiro atoms. The van der Waals surface area contributed by atoms with E-state index in [2.05, 4.69) is 37.3 Å². The van der Waals surface area contributed by atoms with Crippen LogP contribution >= 0.6 is 0 Å². The highest BCUT2D eigenvalue weighted by atomic mass is 16.1. The van der Waals surface area contributed by atoms with E-state index < -0.39 is 0 Å². The van der Waals surface area contributed by atoms with Crippen molar-refractivity contribution in [1.82, 2.24) is 0 Å². The van der Waals surface area contributed by atoms with Crippen molar-refractivity contribution in [2.24, 2.45) is 5.92 Å². The summed E-state index contributed by atoms with van der Waals surface area (Å²) in [7, 11) is 0. The SMILES string of the molecule is CCC/C=C/C/C(=C\C1CCCCCC1)c1ccc(C(C)=O)cc1. The minimum Gasteiger partial charge on any atom is -0.295 e. The summed E-state index contributed by atoms with van der Waals surface area (Å²) >= 11 is 0. The van der Waals surface area contributed by atoms with E-state index in [-0.39, 0.29) is 5.78 Å². The lowest BCUT2D eigenvalue weighted by Crippen LogP contribution is -1.97. The second-order valence-electron chi connectivity index (χ2n) is 7.04. The third kappa shape index (κ3) is 6.11. The van der Waals surface area contributed by atoms with E-state index in [1.165, 1.54) is 56.1 Å². The van der Waals surface area contributed by atoms with Crippen LogP contribution in [0.2, 0.25) is 0 Å². The number of ketones is 1. The van der Waals surface area contributed by atoms with Crippen LogP contribution in [-0.4, -0.2) is 5.78 Å². The summed E-state index contributed by atoms with van der Waals surface area (Å²) < 4.78 is 0. The molecular formula is C23H32O. The average molecular weight is 325 g/mol. The molecule has 1 aromatic rings. The number of Topliss-reactive ketones (excluding diaryl/α,β-unsaturated/α-hetero) is 1. The van der Waals surface area contributed by atoms with Crippen LogP contribution in [0.5, 0.6) is 0 Å². The second-order valence-corrected chi connectivity index (χ2v) is 7.04. The van der Waals surface area contributed by atoms with Gasteiger partial charge in [-0.05, 0) is 49.7 Å². The molecule has 0 saturated heterocycles. The predicted molar refractivity (Wildman–Crippen MR) is 104 cm³/mol. The van der Waals surface area contributed by atoms with Crippen molar-refractivity contribution in [2.45, 2.75) is 71.6 Å². The maximum absolute atomic E-state index is 11.5. The standard InChI is InChI=1S/C23H32O/c1-3-4-5-10-13-23(18-20-11-8-6-7-9-12-20)22-16-14-21(15-17-22)19(2)24/h5,10,14-18,20H,3-4,6-9,11-13H2,1-2H3/b10-5+,23-18+. The first-order chi connectivity index (χ1) is 11.7. The maximum Gasteiger partial charge on any atom is 0.159 e. The molecule has 130 valence electrons. The third-order valence-electron chi connectivity index (χ3n) is 4.96. The maximum atomic E-state index is 11.5. The monoisotopic (exact) mass is 324 g/mol. The van der Waals surface area contributed by atoms with Crippen molar-refractivity contribution in [3.63, 3.8) is 0 Å². The summed E-state index contributed by atoms with van der Waals surface area (Å²) in [4.78, 5) is 11.5. The van der Waals surface area contributed by atoms with E-state index in [0.717, 1.165) is 24.3 Å². The van der Waals surface area contributed by atoms with Crippen molar-refractivity contribution in [1.29, 1.82) is 0 Å². The molecule has 2 rings (SSSR count). The van der Waals surface area contributed by atoms with Gasteiger partial charge in [-0.25, -0.2) is 0 Å². The lowest BCUT2D eigenvalue weighted by atomic mass is 9.92. The Morgan fingerprint density at radius 1 is 1.00 bits per heavy atom. The van der Waals surface area contributed by atoms with Gasteiger partial charge < -0.3 is 0 Å². The van der Waals surface area contributed by atoms with Gasteiger partial charge in [0, 0.05) is 5.56 Å². The van der Waals surface area contributed by atoms with Crippen LogP contribution in [0.25, 0.3) is 5.57 Å². The van der Waals surface area contributed by atoms with Gasteiger partial charge in [-0.1, -0.05) is 81.5 Å². The molecule has 0 radical (unpaired) electrons.